The summed E-state index contributed by atoms with van der Waals surface area (Å²) in [6.45, 7) is 17.6. The molecule has 0 aromatic heterocycles. The Morgan fingerprint density at radius 2 is 1.13 bits per heavy atom. The highest BCUT2D eigenvalue weighted by Crippen LogP contribution is 2.55. The van der Waals surface area contributed by atoms with Gasteiger partial charge in [-0.25, -0.2) is 0 Å². The van der Waals surface area contributed by atoms with Crippen molar-refractivity contribution >= 4 is 0 Å². The monoisotopic (exact) mass is 330 g/mol. The first-order chi connectivity index (χ1) is 10.8. The zero-order chi connectivity index (χ0) is 17.9. The van der Waals surface area contributed by atoms with Crippen LogP contribution in [0, 0.1) is 10.8 Å². The van der Waals surface area contributed by atoms with E-state index in [1.165, 1.54) is 25.7 Å². The van der Waals surface area contributed by atoms with Crippen LogP contribution in [0.25, 0.3) is 0 Å². The van der Waals surface area contributed by atoms with E-state index in [4.69, 9.17) is 9.47 Å². The van der Waals surface area contributed by atoms with Crippen molar-refractivity contribution in [3.8, 4) is 0 Å². The minimum absolute atomic E-state index is 0.0861. The van der Waals surface area contributed by atoms with Crippen molar-refractivity contribution in [2.45, 2.75) is 99.2 Å². The van der Waals surface area contributed by atoms with Crippen molar-refractivity contribution in [1.29, 1.82) is 0 Å². The molecule has 1 aliphatic carbocycles. The summed E-state index contributed by atoms with van der Waals surface area (Å²) in [6.07, 6.45) is 7.12. The van der Waals surface area contributed by atoms with Crippen LogP contribution in [0.15, 0.2) is 0 Å². The molecule has 3 heteroatoms. The number of aliphatic hydroxyl groups is 1. The topological polar surface area (TPSA) is 38.7 Å². The molecule has 1 aliphatic rings. The Morgan fingerprint density at radius 3 is 1.52 bits per heavy atom. The first-order valence-corrected chi connectivity index (χ1v) is 9.64. The van der Waals surface area contributed by atoms with Gasteiger partial charge >= 0.3 is 0 Å². The minimum Gasteiger partial charge on any atom is -0.392 e. The molecule has 140 valence electrons. The standard InChI is InChI=1S/C12H24O2.C8H18O/c1-6-7-8-14-10-11(2,3)9(13)12(10,4)5;1-3-5-7-9-8-6-4-2/h9-10,13H,6-8H2,1-5H3;3-8H2,1-2H3. The summed E-state index contributed by atoms with van der Waals surface area (Å²) in [5.41, 5.74) is -0.172. The second-order valence-corrected chi connectivity index (χ2v) is 7.97. The lowest BCUT2D eigenvalue weighted by Crippen LogP contribution is -2.68. The summed E-state index contributed by atoms with van der Waals surface area (Å²) in [4.78, 5) is 0. The predicted molar refractivity (Wildman–Crippen MR) is 98.9 cm³/mol. The normalized spacial score (nSPS) is 24.5. The highest BCUT2D eigenvalue weighted by molar-refractivity contribution is 5.11. The third-order valence-electron chi connectivity index (χ3n) is 4.83. The molecule has 0 radical (unpaired) electrons. The zero-order valence-corrected chi connectivity index (χ0v) is 16.8. The highest BCUT2D eigenvalue weighted by Gasteiger charge is 2.62. The molecule has 1 fully saturated rings. The van der Waals surface area contributed by atoms with Gasteiger partial charge in [0, 0.05) is 30.7 Å². The number of aliphatic hydroxyl groups excluding tert-OH is 1. The zero-order valence-electron chi connectivity index (χ0n) is 16.8. The Balaban J connectivity index is 0.000000468. The molecule has 0 amide bonds. The largest absolute Gasteiger partial charge is 0.392 e. The van der Waals surface area contributed by atoms with Gasteiger partial charge in [-0.2, -0.15) is 0 Å². The molecule has 0 unspecified atom stereocenters. The van der Waals surface area contributed by atoms with Gasteiger partial charge in [-0.3, -0.25) is 0 Å². The lowest BCUT2D eigenvalue weighted by atomic mass is 9.51. The van der Waals surface area contributed by atoms with Crippen LogP contribution in [0.5, 0.6) is 0 Å². The van der Waals surface area contributed by atoms with Crippen LogP contribution < -0.4 is 0 Å². The number of unbranched alkanes of at least 4 members (excludes halogenated alkanes) is 3. The maximum Gasteiger partial charge on any atom is 0.0726 e. The van der Waals surface area contributed by atoms with Crippen molar-refractivity contribution in [3.63, 3.8) is 0 Å². The smallest absolute Gasteiger partial charge is 0.0726 e. The summed E-state index contributed by atoms with van der Waals surface area (Å²) in [7, 11) is 0. The molecule has 0 saturated heterocycles. The maximum absolute atomic E-state index is 9.95. The van der Waals surface area contributed by atoms with Gasteiger partial charge in [-0.15, -0.1) is 0 Å². The SMILES string of the molecule is CCCCOC1C(C)(C)C(O)C1(C)C.CCCCOCCCC. The van der Waals surface area contributed by atoms with Crippen LogP contribution in [-0.4, -0.2) is 37.1 Å². The van der Waals surface area contributed by atoms with Gasteiger partial charge in [-0.05, 0) is 19.3 Å². The average molecular weight is 331 g/mol. The molecular formula is C20H42O3. The summed E-state index contributed by atoms with van der Waals surface area (Å²) >= 11 is 0. The van der Waals surface area contributed by atoms with E-state index in [0.717, 1.165) is 32.7 Å². The summed E-state index contributed by atoms with van der Waals surface area (Å²) < 4.78 is 11.2. The maximum atomic E-state index is 9.95. The molecule has 0 bridgehead atoms. The van der Waals surface area contributed by atoms with E-state index >= 15 is 0 Å². The van der Waals surface area contributed by atoms with E-state index < -0.39 is 0 Å². The third kappa shape index (κ3) is 7.11. The van der Waals surface area contributed by atoms with E-state index in [1.807, 2.05) is 0 Å². The summed E-state index contributed by atoms with van der Waals surface area (Å²) in [5, 5.41) is 9.95. The second kappa shape index (κ2) is 11.4. The first kappa shape index (κ1) is 22.9. The molecule has 1 rings (SSSR count). The molecule has 0 spiro atoms. The molecule has 1 N–H and O–H groups in total. The number of hydrogen-bond donors (Lipinski definition) is 1. The minimum atomic E-state index is -0.248. The van der Waals surface area contributed by atoms with Gasteiger partial charge in [0.05, 0.1) is 12.2 Å². The van der Waals surface area contributed by atoms with Crippen molar-refractivity contribution in [3.05, 3.63) is 0 Å². The molecule has 0 aliphatic heterocycles. The fourth-order valence-electron chi connectivity index (χ4n) is 3.48. The lowest BCUT2D eigenvalue weighted by Gasteiger charge is -2.61. The fraction of sp³-hybridized carbons (Fsp3) is 1.00. The van der Waals surface area contributed by atoms with Gasteiger partial charge < -0.3 is 14.6 Å². The molecule has 0 atom stereocenters. The summed E-state index contributed by atoms with van der Waals surface area (Å²) in [6, 6.07) is 0. The van der Waals surface area contributed by atoms with Crippen LogP contribution in [0.1, 0.15) is 87.0 Å². The number of hydrogen-bond acceptors (Lipinski definition) is 3. The Morgan fingerprint density at radius 1 is 0.739 bits per heavy atom. The van der Waals surface area contributed by atoms with E-state index in [9.17, 15) is 5.11 Å². The van der Waals surface area contributed by atoms with Gasteiger partial charge in [0.25, 0.3) is 0 Å². The van der Waals surface area contributed by atoms with Crippen molar-refractivity contribution in [1.82, 2.24) is 0 Å². The van der Waals surface area contributed by atoms with Crippen LogP contribution in [0.2, 0.25) is 0 Å². The van der Waals surface area contributed by atoms with E-state index in [0.29, 0.717) is 0 Å². The van der Waals surface area contributed by atoms with Crippen LogP contribution in [0.4, 0.5) is 0 Å². The average Bonchev–Trinajstić information content (AvgIpc) is 2.51. The predicted octanol–water partition coefficient (Wildman–Crippen LogP) is 5.20. The van der Waals surface area contributed by atoms with Gasteiger partial charge in [0.1, 0.15) is 0 Å². The number of ether oxygens (including phenoxy) is 2. The van der Waals surface area contributed by atoms with Crippen molar-refractivity contribution in [2.24, 2.45) is 10.8 Å². The first-order valence-electron chi connectivity index (χ1n) is 9.64. The van der Waals surface area contributed by atoms with E-state index in [2.05, 4.69) is 48.5 Å². The van der Waals surface area contributed by atoms with Gasteiger partial charge in [-0.1, -0.05) is 67.7 Å². The van der Waals surface area contributed by atoms with Crippen LogP contribution >= 0.6 is 0 Å². The number of rotatable bonds is 10. The van der Waals surface area contributed by atoms with E-state index in [1.54, 1.807) is 0 Å². The van der Waals surface area contributed by atoms with Crippen molar-refractivity contribution in [2.75, 3.05) is 19.8 Å². The second-order valence-electron chi connectivity index (χ2n) is 7.97. The Labute approximate surface area is 145 Å². The molecule has 0 heterocycles. The molecule has 1 saturated carbocycles. The lowest BCUT2D eigenvalue weighted by molar-refractivity contribution is -0.266. The molecule has 23 heavy (non-hydrogen) atoms. The van der Waals surface area contributed by atoms with Crippen molar-refractivity contribution < 1.29 is 14.6 Å². The molecular weight excluding hydrogens is 288 g/mol. The molecule has 0 aromatic rings. The van der Waals surface area contributed by atoms with Gasteiger partial charge in [0.15, 0.2) is 0 Å². The van der Waals surface area contributed by atoms with E-state index in [-0.39, 0.29) is 23.0 Å². The summed E-state index contributed by atoms with van der Waals surface area (Å²) in [5.74, 6) is 0. The van der Waals surface area contributed by atoms with Crippen LogP contribution in [0.3, 0.4) is 0 Å². The Hall–Kier alpha value is -0.120. The third-order valence-corrected chi connectivity index (χ3v) is 4.83. The molecule has 3 nitrogen and oxygen atoms in total. The fourth-order valence-corrected chi connectivity index (χ4v) is 3.48. The Bertz CT molecular complexity index is 265. The highest BCUT2D eigenvalue weighted by atomic mass is 16.5. The van der Waals surface area contributed by atoms with Gasteiger partial charge in [0.2, 0.25) is 0 Å². The van der Waals surface area contributed by atoms with Crippen LogP contribution in [-0.2, 0) is 9.47 Å². The quantitative estimate of drug-likeness (QED) is 0.559. The Kier molecular flexibility index (Phi) is 11.4. The molecule has 0 aromatic carbocycles.